The van der Waals surface area contributed by atoms with Gasteiger partial charge in [0.05, 0.1) is 11.5 Å². The lowest BCUT2D eigenvalue weighted by atomic mass is 10.0. The fourth-order valence-corrected chi connectivity index (χ4v) is 4.07. The first-order valence-electron chi connectivity index (χ1n) is 8.88. The van der Waals surface area contributed by atoms with Crippen molar-refractivity contribution in [2.75, 3.05) is 16.8 Å². The molecule has 0 unspecified atom stereocenters. The van der Waals surface area contributed by atoms with E-state index >= 15 is 0 Å². The molecule has 0 radical (unpaired) electrons. The summed E-state index contributed by atoms with van der Waals surface area (Å²) < 4.78 is 0. The van der Waals surface area contributed by atoms with Gasteiger partial charge in [-0.25, -0.2) is 0 Å². The van der Waals surface area contributed by atoms with Gasteiger partial charge >= 0.3 is 0 Å². The molecule has 1 aliphatic carbocycles. The van der Waals surface area contributed by atoms with Crippen molar-refractivity contribution < 1.29 is 9.59 Å². The molecule has 0 fully saturated rings. The number of anilines is 1. The molecule has 0 bridgehead atoms. The van der Waals surface area contributed by atoms with Crippen molar-refractivity contribution >= 4 is 29.1 Å². The van der Waals surface area contributed by atoms with Crippen LogP contribution in [-0.2, 0) is 11.2 Å². The first-order chi connectivity index (χ1) is 13.2. The molecule has 27 heavy (non-hydrogen) atoms. The van der Waals surface area contributed by atoms with Crippen LogP contribution in [0.5, 0.6) is 0 Å². The third-order valence-corrected chi connectivity index (χ3v) is 5.57. The minimum Gasteiger partial charge on any atom is -0.325 e. The lowest BCUT2D eigenvalue weighted by molar-refractivity contribution is -0.113. The van der Waals surface area contributed by atoms with Gasteiger partial charge in [0, 0.05) is 11.3 Å². The zero-order valence-corrected chi connectivity index (χ0v) is 15.6. The molecule has 0 aliphatic heterocycles. The van der Waals surface area contributed by atoms with Gasteiger partial charge in [-0.1, -0.05) is 54.6 Å². The maximum Gasteiger partial charge on any atom is 0.234 e. The van der Waals surface area contributed by atoms with Crippen molar-refractivity contribution in [1.29, 1.82) is 0 Å². The molecule has 134 valence electrons. The topological polar surface area (TPSA) is 46.2 Å². The predicted octanol–water partition coefficient (Wildman–Crippen LogP) is 4.81. The van der Waals surface area contributed by atoms with Crippen molar-refractivity contribution in [2.45, 2.75) is 6.42 Å². The van der Waals surface area contributed by atoms with Crippen LogP contribution < -0.4 is 5.32 Å². The lowest BCUT2D eigenvalue weighted by Crippen LogP contribution is -2.15. The SMILES string of the molecule is O=C(CSCC(=O)c1ccc2c(c1)Cc1ccccc1-2)Nc1ccccc1. The number of benzene rings is 3. The summed E-state index contributed by atoms with van der Waals surface area (Å²) in [7, 11) is 0. The van der Waals surface area contributed by atoms with Crippen LogP contribution in [0.1, 0.15) is 21.5 Å². The van der Waals surface area contributed by atoms with Crippen LogP contribution in [0.3, 0.4) is 0 Å². The summed E-state index contributed by atoms with van der Waals surface area (Å²) in [6, 6.07) is 23.6. The van der Waals surface area contributed by atoms with Crippen molar-refractivity contribution in [1.82, 2.24) is 0 Å². The fraction of sp³-hybridized carbons (Fsp3) is 0.130. The maximum absolute atomic E-state index is 12.5. The van der Waals surface area contributed by atoms with E-state index in [1.807, 2.05) is 60.7 Å². The van der Waals surface area contributed by atoms with Gasteiger partial charge in [0.2, 0.25) is 5.91 Å². The number of Topliss-reactive ketones (excluding diaryl/α,β-unsaturated/α-hetero) is 1. The highest BCUT2D eigenvalue weighted by Gasteiger charge is 2.19. The molecule has 0 saturated heterocycles. The molecule has 1 amide bonds. The molecule has 0 spiro atoms. The number of hydrogen-bond donors (Lipinski definition) is 1. The Kier molecular flexibility index (Phi) is 5.07. The van der Waals surface area contributed by atoms with E-state index in [0.29, 0.717) is 5.75 Å². The van der Waals surface area contributed by atoms with E-state index in [9.17, 15) is 9.59 Å². The summed E-state index contributed by atoms with van der Waals surface area (Å²) >= 11 is 1.34. The Morgan fingerprint density at radius 2 is 1.56 bits per heavy atom. The van der Waals surface area contributed by atoms with Crippen molar-refractivity contribution in [3.63, 3.8) is 0 Å². The highest BCUT2D eigenvalue weighted by molar-refractivity contribution is 8.00. The number of fused-ring (bicyclic) bond motifs is 3. The van der Waals surface area contributed by atoms with E-state index in [2.05, 4.69) is 17.4 Å². The van der Waals surface area contributed by atoms with E-state index < -0.39 is 0 Å². The number of carbonyl (C=O) groups is 2. The highest BCUT2D eigenvalue weighted by atomic mass is 32.2. The van der Waals surface area contributed by atoms with Crippen molar-refractivity contribution in [3.8, 4) is 11.1 Å². The minimum absolute atomic E-state index is 0.0614. The summed E-state index contributed by atoms with van der Waals surface area (Å²) in [4.78, 5) is 24.5. The third kappa shape index (κ3) is 3.96. The number of nitrogens with one attached hydrogen (secondary N) is 1. The average molecular weight is 373 g/mol. The Morgan fingerprint density at radius 3 is 2.41 bits per heavy atom. The van der Waals surface area contributed by atoms with Gasteiger partial charge in [-0.2, -0.15) is 0 Å². The summed E-state index contributed by atoms with van der Waals surface area (Å²) in [5, 5.41) is 2.83. The van der Waals surface area contributed by atoms with Crippen LogP contribution in [-0.4, -0.2) is 23.2 Å². The van der Waals surface area contributed by atoms with E-state index in [1.54, 1.807) is 0 Å². The first-order valence-corrected chi connectivity index (χ1v) is 10.0. The van der Waals surface area contributed by atoms with Gasteiger partial charge in [-0.3, -0.25) is 9.59 Å². The van der Waals surface area contributed by atoms with Gasteiger partial charge in [-0.05, 0) is 46.9 Å². The number of para-hydroxylation sites is 1. The second-order valence-corrected chi connectivity index (χ2v) is 7.52. The Balaban J connectivity index is 1.33. The molecule has 1 N–H and O–H groups in total. The molecule has 0 atom stereocenters. The van der Waals surface area contributed by atoms with Gasteiger partial charge in [0.1, 0.15) is 0 Å². The zero-order chi connectivity index (χ0) is 18.6. The monoisotopic (exact) mass is 373 g/mol. The fourth-order valence-electron chi connectivity index (χ4n) is 3.36. The quantitative estimate of drug-likeness (QED) is 0.493. The molecular formula is C23H19NO2S. The molecule has 1 aliphatic rings. The summed E-state index contributed by atoms with van der Waals surface area (Å²) in [6.07, 6.45) is 0.874. The molecular weight excluding hydrogens is 354 g/mol. The second-order valence-electron chi connectivity index (χ2n) is 6.54. The third-order valence-electron chi connectivity index (χ3n) is 4.64. The molecule has 4 rings (SSSR count). The molecule has 3 nitrogen and oxygen atoms in total. The molecule has 4 heteroatoms. The standard InChI is InChI=1S/C23H19NO2S/c25-22(14-27-15-23(26)24-19-7-2-1-3-8-19)17-10-11-21-18(13-17)12-16-6-4-5-9-20(16)21/h1-11,13H,12,14-15H2,(H,24,26). The summed E-state index contributed by atoms with van der Waals surface area (Å²) in [6.45, 7) is 0. The molecule has 0 heterocycles. The Labute approximate surface area is 162 Å². The number of thioether (sulfide) groups is 1. The average Bonchev–Trinajstić information content (AvgIpc) is 3.06. The zero-order valence-electron chi connectivity index (χ0n) is 14.8. The van der Waals surface area contributed by atoms with Crippen LogP contribution in [0.2, 0.25) is 0 Å². The van der Waals surface area contributed by atoms with Crippen molar-refractivity contribution in [2.24, 2.45) is 0 Å². The highest BCUT2D eigenvalue weighted by Crippen LogP contribution is 2.36. The van der Waals surface area contributed by atoms with E-state index in [1.165, 1.54) is 34.0 Å². The van der Waals surface area contributed by atoms with Crippen LogP contribution in [0.4, 0.5) is 5.69 Å². The number of ketones is 1. The van der Waals surface area contributed by atoms with Gasteiger partial charge < -0.3 is 5.32 Å². The van der Waals surface area contributed by atoms with Gasteiger partial charge in [0.15, 0.2) is 5.78 Å². The van der Waals surface area contributed by atoms with E-state index in [4.69, 9.17) is 0 Å². The molecule has 0 saturated carbocycles. The van der Waals surface area contributed by atoms with Gasteiger partial charge in [0.25, 0.3) is 0 Å². The lowest BCUT2D eigenvalue weighted by Gasteiger charge is -2.06. The normalized spacial score (nSPS) is 11.6. The van der Waals surface area contributed by atoms with E-state index in [-0.39, 0.29) is 17.4 Å². The van der Waals surface area contributed by atoms with Crippen LogP contribution in [0.15, 0.2) is 72.8 Å². The maximum atomic E-state index is 12.5. The summed E-state index contributed by atoms with van der Waals surface area (Å²) in [5.41, 5.74) is 6.48. The first kappa shape index (κ1) is 17.6. The Bertz CT molecular complexity index is 998. The molecule has 0 aromatic heterocycles. The van der Waals surface area contributed by atoms with Crippen LogP contribution in [0, 0.1) is 0 Å². The smallest absolute Gasteiger partial charge is 0.234 e. The molecule has 3 aromatic carbocycles. The summed E-state index contributed by atoms with van der Waals surface area (Å²) in [5.74, 6) is 0.528. The number of rotatable bonds is 6. The van der Waals surface area contributed by atoms with E-state index in [0.717, 1.165) is 17.7 Å². The van der Waals surface area contributed by atoms with Crippen LogP contribution in [0.25, 0.3) is 11.1 Å². The number of carbonyl (C=O) groups excluding carboxylic acids is 2. The molecule has 3 aromatic rings. The van der Waals surface area contributed by atoms with Crippen molar-refractivity contribution in [3.05, 3.63) is 89.5 Å². The minimum atomic E-state index is -0.0941. The Hall–Kier alpha value is -2.85. The van der Waals surface area contributed by atoms with Gasteiger partial charge in [-0.15, -0.1) is 11.8 Å². The Morgan fingerprint density at radius 1 is 0.815 bits per heavy atom. The number of hydrogen-bond acceptors (Lipinski definition) is 3. The number of amides is 1. The largest absolute Gasteiger partial charge is 0.325 e. The van der Waals surface area contributed by atoms with Crippen LogP contribution >= 0.6 is 11.8 Å². The predicted molar refractivity (Wildman–Crippen MR) is 111 cm³/mol. The second kappa shape index (κ2) is 7.80.